The van der Waals surface area contributed by atoms with Crippen molar-refractivity contribution in [2.75, 3.05) is 6.54 Å². The van der Waals surface area contributed by atoms with E-state index in [9.17, 15) is 0 Å². The third-order valence-electron chi connectivity index (χ3n) is 3.08. The summed E-state index contributed by atoms with van der Waals surface area (Å²) in [4.78, 5) is 0. The molecule has 0 saturated heterocycles. The Kier molecular flexibility index (Phi) is 4.86. The first-order chi connectivity index (χ1) is 9.08. The van der Waals surface area contributed by atoms with Crippen LogP contribution in [0.15, 0.2) is 24.3 Å². The molecule has 102 valence electrons. The maximum atomic E-state index is 6.17. The summed E-state index contributed by atoms with van der Waals surface area (Å²) in [5.74, 6) is 0. The molecule has 0 amide bonds. The molecular formula is C14H17Cl2N3. The maximum absolute atomic E-state index is 6.17. The molecule has 1 aromatic carbocycles. The van der Waals surface area contributed by atoms with E-state index in [1.807, 2.05) is 38.2 Å². The Morgan fingerprint density at radius 3 is 2.47 bits per heavy atom. The standard InChI is InChI=1S/C14H17Cl2N3/c1-10-13(14(16)19(2)18-10)9-17-8-7-11-3-5-12(15)6-4-11/h3-6,17H,7-9H2,1-2H3. The summed E-state index contributed by atoms with van der Waals surface area (Å²) < 4.78 is 1.70. The number of hydrogen-bond donors (Lipinski definition) is 1. The number of rotatable bonds is 5. The van der Waals surface area contributed by atoms with Gasteiger partial charge in [-0.15, -0.1) is 0 Å². The van der Waals surface area contributed by atoms with Crippen molar-refractivity contribution in [1.82, 2.24) is 15.1 Å². The number of aromatic nitrogens is 2. The molecule has 0 unspecified atom stereocenters. The highest BCUT2D eigenvalue weighted by Gasteiger charge is 2.09. The van der Waals surface area contributed by atoms with Crippen molar-refractivity contribution in [1.29, 1.82) is 0 Å². The van der Waals surface area contributed by atoms with Crippen LogP contribution in [-0.4, -0.2) is 16.3 Å². The van der Waals surface area contributed by atoms with E-state index in [2.05, 4.69) is 10.4 Å². The Hall–Kier alpha value is -1.03. The fourth-order valence-corrected chi connectivity index (χ4v) is 2.34. The molecule has 3 nitrogen and oxygen atoms in total. The maximum Gasteiger partial charge on any atom is 0.131 e. The van der Waals surface area contributed by atoms with Gasteiger partial charge in [-0.3, -0.25) is 4.68 Å². The second-order valence-electron chi connectivity index (χ2n) is 4.53. The number of nitrogens with one attached hydrogen (secondary N) is 1. The molecule has 2 rings (SSSR count). The van der Waals surface area contributed by atoms with Gasteiger partial charge < -0.3 is 5.32 Å². The minimum Gasteiger partial charge on any atom is -0.312 e. The average molecular weight is 298 g/mol. The van der Waals surface area contributed by atoms with Crippen molar-refractivity contribution in [2.24, 2.45) is 7.05 Å². The lowest BCUT2D eigenvalue weighted by atomic mass is 10.1. The van der Waals surface area contributed by atoms with Gasteiger partial charge in [0.05, 0.1) is 5.69 Å². The SMILES string of the molecule is Cc1nn(C)c(Cl)c1CNCCc1ccc(Cl)cc1. The molecule has 2 aromatic rings. The molecule has 0 spiro atoms. The van der Waals surface area contributed by atoms with Gasteiger partial charge in [-0.25, -0.2) is 0 Å². The fraction of sp³-hybridized carbons (Fsp3) is 0.357. The van der Waals surface area contributed by atoms with Crippen LogP contribution in [0.5, 0.6) is 0 Å². The van der Waals surface area contributed by atoms with Crippen LogP contribution in [-0.2, 0) is 20.0 Å². The summed E-state index contributed by atoms with van der Waals surface area (Å²) in [5.41, 5.74) is 3.32. The number of hydrogen-bond acceptors (Lipinski definition) is 2. The summed E-state index contributed by atoms with van der Waals surface area (Å²) in [6.07, 6.45) is 0.966. The summed E-state index contributed by atoms with van der Waals surface area (Å²) in [6.45, 7) is 3.61. The van der Waals surface area contributed by atoms with Crippen LogP contribution < -0.4 is 5.32 Å². The number of halogens is 2. The number of nitrogens with zero attached hydrogens (tertiary/aromatic N) is 2. The van der Waals surface area contributed by atoms with Gasteiger partial charge in [0.15, 0.2) is 0 Å². The van der Waals surface area contributed by atoms with E-state index >= 15 is 0 Å². The molecule has 0 saturated carbocycles. The Labute approximate surface area is 123 Å². The van der Waals surface area contributed by atoms with Crippen molar-refractivity contribution in [2.45, 2.75) is 19.9 Å². The van der Waals surface area contributed by atoms with Crippen LogP contribution in [0.4, 0.5) is 0 Å². The van der Waals surface area contributed by atoms with Gasteiger partial charge >= 0.3 is 0 Å². The zero-order valence-electron chi connectivity index (χ0n) is 11.1. The van der Waals surface area contributed by atoms with E-state index < -0.39 is 0 Å². The summed E-state index contributed by atoms with van der Waals surface area (Å²) >= 11 is 12.0. The molecule has 0 aliphatic rings. The minimum absolute atomic E-state index is 0.705. The van der Waals surface area contributed by atoms with E-state index in [4.69, 9.17) is 23.2 Å². The Balaban J connectivity index is 1.82. The van der Waals surface area contributed by atoms with Crippen LogP contribution >= 0.6 is 23.2 Å². The van der Waals surface area contributed by atoms with E-state index in [1.165, 1.54) is 5.56 Å². The molecule has 1 heterocycles. The van der Waals surface area contributed by atoms with Gasteiger partial charge in [-0.05, 0) is 37.6 Å². The third kappa shape index (κ3) is 3.72. The van der Waals surface area contributed by atoms with Gasteiger partial charge in [0.2, 0.25) is 0 Å². The monoisotopic (exact) mass is 297 g/mol. The molecule has 0 bridgehead atoms. The first-order valence-electron chi connectivity index (χ1n) is 6.21. The Bertz CT molecular complexity index is 547. The van der Waals surface area contributed by atoms with Crippen LogP contribution in [0, 0.1) is 6.92 Å². The van der Waals surface area contributed by atoms with Crippen molar-refractivity contribution < 1.29 is 0 Å². The zero-order valence-corrected chi connectivity index (χ0v) is 12.6. The zero-order chi connectivity index (χ0) is 13.8. The van der Waals surface area contributed by atoms with Crippen molar-refractivity contribution in [3.8, 4) is 0 Å². The lowest BCUT2D eigenvalue weighted by Crippen LogP contribution is -2.17. The van der Waals surface area contributed by atoms with E-state index in [0.29, 0.717) is 5.15 Å². The lowest BCUT2D eigenvalue weighted by molar-refractivity contribution is 0.684. The average Bonchev–Trinajstić information content (AvgIpc) is 2.62. The molecule has 5 heteroatoms. The van der Waals surface area contributed by atoms with Crippen molar-refractivity contribution in [3.05, 3.63) is 51.3 Å². The van der Waals surface area contributed by atoms with Crippen LogP contribution in [0.25, 0.3) is 0 Å². The number of aryl methyl sites for hydroxylation is 2. The van der Waals surface area contributed by atoms with E-state index in [-0.39, 0.29) is 0 Å². The highest BCUT2D eigenvalue weighted by Crippen LogP contribution is 2.18. The van der Waals surface area contributed by atoms with Gasteiger partial charge in [0.1, 0.15) is 5.15 Å². The van der Waals surface area contributed by atoms with Gasteiger partial charge in [-0.1, -0.05) is 35.3 Å². The van der Waals surface area contributed by atoms with Crippen LogP contribution in [0.3, 0.4) is 0 Å². The fourth-order valence-electron chi connectivity index (χ4n) is 1.97. The highest BCUT2D eigenvalue weighted by atomic mass is 35.5. The molecule has 0 aliphatic heterocycles. The first-order valence-corrected chi connectivity index (χ1v) is 6.96. The van der Waals surface area contributed by atoms with E-state index in [1.54, 1.807) is 4.68 Å². The lowest BCUT2D eigenvalue weighted by Gasteiger charge is -2.05. The van der Waals surface area contributed by atoms with Crippen LogP contribution in [0.1, 0.15) is 16.8 Å². The summed E-state index contributed by atoms with van der Waals surface area (Å²) in [7, 11) is 1.85. The minimum atomic E-state index is 0.705. The van der Waals surface area contributed by atoms with Crippen molar-refractivity contribution >= 4 is 23.2 Å². The quantitative estimate of drug-likeness (QED) is 0.858. The molecule has 19 heavy (non-hydrogen) atoms. The largest absolute Gasteiger partial charge is 0.312 e. The van der Waals surface area contributed by atoms with Gasteiger partial charge in [0, 0.05) is 24.2 Å². The van der Waals surface area contributed by atoms with E-state index in [0.717, 1.165) is 35.8 Å². The van der Waals surface area contributed by atoms with Gasteiger partial charge in [-0.2, -0.15) is 5.10 Å². The number of benzene rings is 1. The first kappa shape index (κ1) is 14.4. The molecular weight excluding hydrogens is 281 g/mol. The van der Waals surface area contributed by atoms with Crippen LogP contribution in [0.2, 0.25) is 10.2 Å². The normalized spacial score (nSPS) is 10.9. The third-order valence-corrected chi connectivity index (χ3v) is 3.80. The molecule has 0 atom stereocenters. The molecule has 0 aliphatic carbocycles. The predicted molar refractivity (Wildman–Crippen MR) is 79.8 cm³/mol. The van der Waals surface area contributed by atoms with Crippen molar-refractivity contribution in [3.63, 3.8) is 0 Å². The highest BCUT2D eigenvalue weighted by molar-refractivity contribution is 6.30. The predicted octanol–water partition coefficient (Wildman–Crippen LogP) is 3.37. The summed E-state index contributed by atoms with van der Waals surface area (Å²) in [6, 6.07) is 7.93. The molecule has 1 aromatic heterocycles. The molecule has 0 radical (unpaired) electrons. The second kappa shape index (κ2) is 6.42. The second-order valence-corrected chi connectivity index (χ2v) is 5.33. The van der Waals surface area contributed by atoms with Gasteiger partial charge in [0.25, 0.3) is 0 Å². The Morgan fingerprint density at radius 2 is 1.89 bits per heavy atom. The summed E-state index contributed by atoms with van der Waals surface area (Å²) in [5, 5.41) is 9.15. The topological polar surface area (TPSA) is 29.9 Å². The Morgan fingerprint density at radius 1 is 1.21 bits per heavy atom. The molecule has 0 fully saturated rings. The molecule has 1 N–H and O–H groups in total. The smallest absolute Gasteiger partial charge is 0.131 e.